The fourth-order valence-corrected chi connectivity index (χ4v) is 1.84. The van der Waals surface area contributed by atoms with Gasteiger partial charge >= 0.3 is 0 Å². The highest BCUT2D eigenvalue weighted by Crippen LogP contribution is 2.08. The van der Waals surface area contributed by atoms with Crippen LogP contribution in [0.2, 0.25) is 0 Å². The van der Waals surface area contributed by atoms with Crippen LogP contribution in [0.3, 0.4) is 0 Å². The van der Waals surface area contributed by atoms with E-state index in [1.807, 2.05) is 6.08 Å². The van der Waals surface area contributed by atoms with Crippen LogP contribution in [0.25, 0.3) is 0 Å². The number of aliphatic hydroxyl groups is 1. The number of rotatable bonds is 6. The third-order valence-electron chi connectivity index (χ3n) is 2.77. The first-order chi connectivity index (χ1) is 6.83. The van der Waals surface area contributed by atoms with Crippen molar-refractivity contribution in [2.24, 2.45) is 0 Å². The Morgan fingerprint density at radius 1 is 1.50 bits per heavy atom. The largest absolute Gasteiger partial charge is 0.389 e. The van der Waals surface area contributed by atoms with Gasteiger partial charge in [-0.2, -0.15) is 0 Å². The Hall–Kier alpha value is -0.340. The molecular formula is C12H23NO. The van der Waals surface area contributed by atoms with E-state index in [-0.39, 0.29) is 6.10 Å². The number of unbranched alkanes of at least 4 members (excludes halogenated alkanes) is 2. The zero-order chi connectivity index (χ0) is 10.2. The van der Waals surface area contributed by atoms with Gasteiger partial charge in [-0.15, -0.1) is 0 Å². The second kappa shape index (κ2) is 7.02. The van der Waals surface area contributed by atoms with Crippen molar-refractivity contribution in [3.8, 4) is 0 Å². The van der Waals surface area contributed by atoms with Crippen molar-refractivity contribution in [3.05, 3.63) is 12.2 Å². The lowest BCUT2D eigenvalue weighted by Crippen LogP contribution is -2.19. The van der Waals surface area contributed by atoms with Gasteiger partial charge in [0, 0.05) is 6.04 Å². The highest BCUT2D eigenvalue weighted by atomic mass is 16.3. The van der Waals surface area contributed by atoms with Gasteiger partial charge in [-0.25, -0.2) is 0 Å². The van der Waals surface area contributed by atoms with Crippen molar-refractivity contribution in [3.63, 3.8) is 0 Å². The Bertz CT molecular complexity index is 162. The van der Waals surface area contributed by atoms with Crippen LogP contribution in [0.1, 0.15) is 45.4 Å². The molecular weight excluding hydrogens is 174 g/mol. The first kappa shape index (κ1) is 11.7. The summed E-state index contributed by atoms with van der Waals surface area (Å²) in [5, 5.41) is 13.0. The quantitative estimate of drug-likeness (QED) is 0.505. The molecule has 1 heterocycles. The number of hydrogen-bond donors (Lipinski definition) is 2. The highest BCUT2D eigenvalue weighted by Gasteiger charge is 2.10. The van der Waals surface area contributed by atoms with Gasteiger partial charge in [0.15, 0.2) is 0 Å². The fourth-order valence-electron chi connectivity index (χ4n) is 1.84. The van der Waals surface area contributed by atoms with Crippen molar-refractivity contribution >= 4 is 0 Å². The number of nitrogens with one attached hydrogen (secondary N) is 1. The van der Waals surface area contributed by atoms with E-state index < -0.39 is 0 Å². The summed E-state index contributed by atoms with van der Waals surface area (Å²) in [6.07, 6.45) is 10.8. The SMILES string of the molecule is CCCCCC(O)/C=C/C1CCCN1. The average molecular weight is 197 g/mol. The molecule has 0 aromatic carbocycles. The van der Waals surface area contributed by atoms with E-state index in [4.69, 9.17) is 0 Å². The molecule has 2 atom stereocenters. The maximum absolute atomic E-state index is 9.62. The number of aliphatic hydroxyl groups excluding tert-OH is 1. The molecule has 0 aromatic heterocycles. The third-order valence-corrected chi connectivity index (χ3v) is 2.77. The zero-order valence-corrected chi connectivity index (χ0v) is 9.21. The molecule has 1 saturated heterocycles. The molecule has 82 valence electrons. The van der Waals surface area contributed by atoms with Crippen LogP contribution in [0.5, 0.6) is 0 Å². The van der Waals surface area contributed by atoms with Crippen molar-refractivity contribution in [2.75, 3.05) is 6.54 Å². The van der Waals surface area contributed by atoms with Crippen molar-refractivity contribution in [1.29, 1.82) is 0 Å². The van der Waals surface area contributed by atoms with E-state index in [2.05, 4.69) is 18.3 Å². The molecule has 0 aromatic rings. The Labute approximate surface area is 87.4 Å². The summed E-state index contributed by atoms with van der Waals surface area (Å²) in [6, 6.07) is 0.510. The molecule has 0 amide bonds. The molecule has 0 aliphatic carbocycles. The standard InChI is InChI=1S/C12H23NO/c1-2-3-4-7-12(14)9-8-11-6-5-10-13-11/h8-9,11-14H,2-7,10H2,1H3/b9-8+. The van der Waals surface area contributed by atoms with Crippen molar-refractivity contribution in [1.82, 2.24) is 5.32 Å². The molecule has 14 heavy (non-hydrogen) atoms. The van der Waals surface area contributed by atoms with Gasteiger partial charge < -0.3 is 10.4 Å². The summed E-state index contributed by atoms with van der Waals surface area (Å²) in [6.45, 7) is 3.31. The molecule has 0 bridgehead atoms. The van der Waals surface area contributed by atoms with Gasteiger partial charge in [0.05, 0.1) is 6.10 Å². The van der Waals surface area contributed by atoms with Gasteiger partial charge in [0.2, 0.25) is 0 Å². The normalized spacial score (nSPS) is 24.6. The lowest BCUT2D eigenvalue weighted by Gasteiger charge is -2.07. The summed E-state index contributed by atoms with van der Waals surface area (Å²) in [5.41, 5.74) is 0. The topological polar surface area (TPSA) is 32.3 Å². The summed E-state index contributed by atoms with van der Waals surface area (Å²) < 4.78 is 0. The Morgan fingerprint density at radius 2 is 2.36 bits per heavy atom. The van der Waals surface area contributed by atoms with Gasteiger partial charge in [0.25, 0.3) is 0 Å². The van der Waals surface area contributed by atoms with Crippen molar-refractivity contribution in [2.45, 2.75) is 57.6 Å². The van der Waals surface area contributed by atoms with Crippen LogP contribution in [-0.4, -0.2) is 23.8 Å². The van der Waals surface area contributed by atoms with Gasteiger partial charge in [-0.05, 0) is 25.8 Å². The van der Waals surface area contributed by atoms with E-state index in [1.165, 1.54) is 25.7 Å². The molecule has 0 saturated carbocycles. The summed E-state index contributed by atoms with van der Waals surface area (Å²) in [5.74, 6) is 0. The number of hydrogen-bond acceptors (Lipinski definition) is 2. The molecule has 1 aliphatic heterocycles. The Kier molecular flexibility index (Phi) is 5.88. The maximum Gasteiger partial charge on any atom is 0.0721 e. The lowest BCUT2D eigenvalue weighted by molar-refractivity contribution is 0.208. The molecule has 2 unspecified atom stereocenters. The summed E-state index contributed by atoms with van der Waals surface area (Å²) >= 11 is 0. The van der Waals surface area contributed by atoms with Gasteiger partial charge in [0.1, 0.15) is 0 Å². The Balaban J connectivity index is 2.08. The molecule has 1 fully saturated rings. The molecule has 0 radical (unpaired) electrons. The maximum atomic E-state index is 9.62. The van der Waals surface area contributed by atoms with Crippen LogP contribution < -0.4 is 5.32 Å². The highest BCUT2D eigenvalue weighted by molar-refractivity contribution is 4.98. The van der Waals surface area contributed by atoms with E-state index in [9.17, 15) is 5.11 Å². The van der Waals surface area contributed by atoms with Gasteiger partial charge in [-0.3, -0.25) is 0 Å². The minimum Gasteiger partial charge on any atom is -0.389 e. The summed E-state index contributed by atoms with van der Waals surface area (Å²) in [4.78, 5) is 0. The van der Waals surface area contributed by atoms with Crippen LogP contribution in [0, 0.1) is 0 Å². The predicted molar refractivity (Wildman–Crippen MR) is 60.3 cm³/mol. The molecule has 1 rings (SSSR count). The van der Waals surface area contributed by atoms with Gasteiger partial charge in [-0.1, -0.05) is 38.3 Å². The van der Waals surface area contributed by atoms with Crippen molar-refractivity contribution < 1.29 is 5.11 Å². The average Bonchev–Trinajstić information content (AvgIpc) is 2.68. The van der Waals surface area contributed by atoms with E-state index in [1.54, 1.807) is 0 Å². The van der Waals surface area contributed by atoms with Crippen LogP contribution in [-0.2, 0) is 0 Å². The molecule has 2 nitrogen and oxygen atoms in total. The minimum absolute atomic E-state index is 0.232. The molecule has 1 aliphatic rings. The van der Waals surface area contributed by atoms with E-state index in [0.717, 1.165) is 19.4 Å². The molecule has 2 N–H and O–H groups in total. The smallest absolute Gasteiger partial charge is 0.0721 e. The van der Waals surface area contributed by atoms with Crippen LogP contribution in [0.15, 0.2) is 12.2 Å². The lowest BCUT2D eigenvalue weighted by atomic mass is 10.1. The third kappa shape index (κ3) is 4.77. The van der Waals surface area contributed by atoms with E-state index >= 15 is 0 Å². The minimum atomic E-state index is -0.232. The molecule has 2 heteroatoms. The van der Waals surface area contributed by atoms with Crippen LogP contribution in [0.4, 0.5) is 0 Å². The van der Waals surface area contributed by atoms with Crippen LogP contribution >= 0.6 is 0 Å². The summed E-state index contributed by atoms with van der Waals surface area (Å²) in [7, 11) is 0. The monoisotopic (exact) mass is 197 g/mol. The van der Waals surface area contributed by atoms with E-state index in [0.29, 0.717) is 6.04 Å². The first-order valence-corrected chi connectivity index (χ1v) is 5.92. The predicted octanol–water partition coefficient (Wildman–Crippen LogP) is 2.24. The second-order valence-corrected chi connectivity index (χ2v) is 4.15. The fraction of sp³-hybridized carbons (Fsp3) is 0.833. The second-order valence-electron chi connectivity index (χ2n) is 4.15. The first-order valence-electron chi connectivity index (χ1n) is 5.92. The zero-order valence-electron chi connectivity index (χ0n) is 9.21. The Morgan fingerprint density at radius 3 is 3.00 bits per heavy atom. The molecule has 0 spiro atoms.